The van der Waals surface area contributed by atoms with Crippen molar-refractivity contribution in [2.45, 2.75) is 32.2 Å². The van der Waals surface area contributed by atoms with E-state index in [2.05, 4.69) is 31.7 Å². The monoisotopic (exact) mass is 568 g/mol. The quantitative estimate of drug-likeness (QED) is 0.288. The lowest BCUT2D eigenvalue weighted by Gasteiger charge is -2.29. The second kappa shape index (κ2) is 10.6. The van der Waals surface area contributed by atoms with Gasteiger partial charge in [0.1, 0.15) is 11.5 Å². The molecule has 2 fully saturated rings. The molecule has 1 aromatic carbocycles. The zero-order valence-electron chi connectivity index (χ0n) is 22.6. The molecule has 2 aliphatic rings. The van der Waals surface area contributed by atoms with Gasteiger partial charge in [0, 0.05) is 54.5 Å². The van der Waals surface area contributed by atoms with Crippen molar-refractivity contribution in [1.82, 2.24) is 29.8 Å². The molecule has 208 valence electrons. The van der Waals surface area contributed by atoms with Gasteiger partial charge in [0.2, 0.25) is 5.95 Å². The highest BCUT2D eigenvalue weighted by Gasteiger charge is 2.27. The number of pyridine rings is 2. The van der Waals surface area contributed by atoms with Gasteiger partial charge < -0.3 is 15.5 Å². The second-order valence-corrected chi connectivity index (χ2v) is 11.6. The molecule has 1 saturated heterocycles. The molecule has 0 radical (unpaired) electrons. The maximum absolute atomic E-state index is 15.1. The average molecular weight is 569 g/mol. The van der Waals surface area contributed by atoms with E-state index < -0.39 is 0 Å². The summed E-state index contributed by atoms with van der Waals surface area (Å²) in [5.41, 5.74) is 6.38. The summed E-state index contributed by atoms with van der Waals surface area (Å²) in [6.45, 7) is 5.42. The predicted octanol–water partition coefficient (Wildman–Crippen LogP) is 4.84. The number of thiazole rings is 1. The molecule has 0 atom stereocenters. The first-order chi connectivity index (χ1) is 20.0. The van der Waals surface area contributed by atoms with E-state index in [-0.39, 0.29) is 23.9 Å². The predicted molar refractivity (Wildman–Crippen MR) is 160 cm³/mol. The van der Waals surface area contributed by atoms with E-state index in [0.29, 0.717) is 39.6 Å². The number of fused-ring (bicyclic) bond motifs is 1. The summed E-state index contributed by atoms with van der Waals surface area (Å²) < 4.78 is 16.7. The molecule has 5 aromatic rings. The standard InChI is InChI=1S/C30H29FN8OS/c1-18-27(35-17-41-18)23-13-20-15-34-30(36-21-6-7-26(24(31)14-21)38-11-9-32-10-12-38)37-28(20)39(29(23)40)16-25-22(19-4-5-19)3-2-8-33-25/h2-3,6-8,13-15,17,19,32H,4-5,9-12,16H2,1H3,(H,34,36,37). The maximum atomic E-state index is 15.1. The fourth-order valence-corrected chi connectivity index (χ4v) is 6.06. The van der Waals surface area contributed by atoms with Crippen LogP contribution < -0.4 is 21.1 Å². The van der Waals surface area contributed by atoms with Crippen molar-refractivity contribution in [3.8, 4) is 11.3 Å². The molecule has 1 aliphatic carbocycles. The molecule has 11 heteroatoms. The molecule has 0 spiro atoms. The summed E-state index contributed by atoms with van der Waals surface area (Å²) in [5.74, 6) is 0.456. The van der Waals surface area contributed by atoms with Crippen LogP contribution in [0.15, 0.2) is 59.1 Å². The number of nitrogens with zero attached hydrogens (tertiary/aromatic N) is 6. The van der Waals surface area contributed by atoms with Crippen molar-refractivity contribution in [2.24, 2.45) is 0 Å². The summed E-state index contributed by atoms with van der Waals surface area (Å²) in [6.07, 6.45) is 5.72. The molecule has 0 unspecified atom stereocenters. The minimum Gasteiger partial charge on any atom is -0.367 e. The van der Waals surface area contributed by atoms with E-state index in [4.69, 9.17) is 4.98 Å². The highest BCUT2D eigenvalue weighted by Crippen LogP contribution is 2.41. The van der Waals surface area contributed by atoms with Crippen LogP contribution in [-0.2, 0) is 6.54 Å². The molecule has 41 heavy (non-hydrogen) atoms. The van der Waals surface area contributed by atoms with Crippen LogP contribution >= 0.6 is 11.3 Å². The average Bonchev–Trinajstić information content (AvgIpc) is 3.75. The number of benzene rings is 1. The molecule has 2 N–H and O–H groups in total. The largest absolute Gasteiger partial charge is 0.367 e. The molecule has 1 saturated carbocycles. The number of hydrogen-bond acceptors (Lipinski definition) is 9. The Morgan fingerprint density at radius 2 is 1.98 bits per heavy atom. The van der Waals surface area contributed by atoms with Crippen LogP contribution in [0.25, 0.3) is 22.3 Å². The Labute approximate surface area is 240 Å². The van der Waals surface area contributed by atoms with E-state index in [1.165, 1.54) is 23.0 Å². The van der Waals surface area contributed by atoms with Gasteiger partial charge in [-0.25, -0.2) is 14.4 Å². The van der Waals surface area contributed by atoms with Gasteiger partial charge in [-0.15, -0.1) is 11.3 Å². The molecule has 7 rings (SSSR count). The fourth-order valence-electron chi connectivity index (χ4n) is 5.47. The molecular formula is C30H29FN8OS. The van der Waals surface area contributed by atoms with Crippen LogP contribution in [0.5, 0.6) is 0 Å². The second-order valence-electron chi connectivity index (χ2n) is 10.5. The van der Waals surface area contributed by atoms with Gasteiger partial charge >= 0.3 is 0 Å². The van der Waals surface area contributed by atoms with Crippen molar-refractivity contribution >= 4 is 39.7 Å². The number of piperazine rings is 1. The number of nitrogens with one attached hydrogen (secondary N) is 2. The summed E-state index contributed by atoms with van der Waals surface area (Å²) in [6, 6.07) is 10.9. The van der Waals surface area contributed by atoms with Crippen molar-refractivity contribution in [2.75, 3.05) is 36.4 Å². The Bertz CT molecular complexity index is 1810. The van der Waals surface area contributed by atoms with Crippen LogP contribution in [0.2, 0.25) is 0 Å². The van der Waals surface area contributed by atoms with Crippen molar-refractivity contribution < 1.29 is 4.39 Å². The van der Waals surface area contributed by atoms with E-state index in [9.17, 15) is 4.79 Å². The van der Waals surface area contributed by atoms with Crippen molar-refractivity contribution in [3.05, 3.63) is 86.6 Å². The molecule has 4 aromatic heterocycles. The van der Waals surface area contributed by atoms with E-state index in [1.807, 2.05) is 30.0 Å². The van der Waals surface area contributed by atoms with Crippen LogP contribution in [0.4, 0.5) is 21.7 Å². The van der Waals surface area contributed by atoms with Gasteiger partial charge in [-0.1, -0.05) is 6.07 Å². The molecule has 0 amide bonds. The maximum Gasteiger partial charge on any atom is 0.262 e. The number of anilines is 3. The van der Waals surface area contributed by atoms with Crippen LogP contribution in [-0.4, -0.2) is 50.7 Å². The highest BCUT2D eigenvalue weighted by atomic mass is 32.1. The summed E-state index contributed by atoms with van der Waals surface area (Å²) in [4.78, 5) is 35.4. The number of rotatable bonds is 7. The summed E-state index contributed by atoms with van der Waals surface area (Å²) in [7, 11) is 0. The van der Waals surface area contributed by atoms with E-state index in [1.54, 1.807) is 28.5 Å². The fraction of sp³-hybridized carbons (Fsp3) is 0.300. The van der Waals surface area contributed by atoms with Gasteiger partial charge in [0.15, 0.2) is 0 Å². The third kappa shape index (κ3) is 5.07. The Hall–Kier alpha value is -4.22. The van der Waals surface area contributed by atoms with Crippen molar-refractivity contribution in [1.29, 1.82) is 0 Å². The van der Waals surface area contributed by atoms with Crippen LogP contribution in [0.1, 0.15) is 34.9 Å². The van der Waals surface area contributed by atoms with E-state index in [0.717, 1.165) is 49.6 Å². The molecular weight excluding hydrogens is 539 g/mol. The highest BCUT2D eigenvalue weighted by molar-refractivity contribution is 7.10. The third-order valence-corrected chi connectivity index (χ3v) is 8.50. The first-order valence-corrected chi connectivity index (χ1v) is 14.7. The molecule has 9 nitrogen and oxygen atoms in total. The Kier molecular flexibility index (Phi) is 6.68. The Balaban J connectivity index is 1.29. The third-order valence-electron chi connectivity index (χ3n) is 7.74. The van der Waals surface area contributed by atoms with E-state index >= 15 is 4.39 Å². The van der Waals surface area contributed by atoms with Gasteiger partial charge in [-0.2, -0.15) is 4.98 Å². The lowest BCUT2D eigenvalue weighted by atomic mass is 10.1. The number of aryl methyl sites for hydroxylation is 1. The smallest absolute Gasteiger partial charge is 0.262 e. The SMILES string of the molecule is Cc1scnc1-c1cc2cnc(Nc3ccc(N4CCNCC4)c(F)c3)nc2n(Cc2ncccc2C2CC2)c1=O. The van der Waals surface area contributed by atoms with Crippen LogP contribution in [0.3, 0.4) is 0 Å². The normalized spacial score (nSPS) is 15.4. The van der Waals surface area contributed by atoms with Gasteiger partial charge in [-0.05, 0) is 61.6 Å². The molecule has 1 aliphatic heterocycles. The van der Waals surface area contributed by atoms with Crippen LogP contribution in [0, 0.1) is 12.7 Å². The molecule has 0 bridgehead atoms. The van der Waals surface area contributed by atoms with Gasteiger partial charge in [0.25, 0.3) is 5.56 Å². The minimum atomic E-state index is -0.305. The summed E-state index contributed by atoms with van der Waals surface area (Å²) in [5, 5.41) is 7.13. The topological polar surface area (TPSA) is 101 Å². The lowest BCUT2D eigenvalue weighted by Crippen LogP contribution is -2.43. The van der Waals surface area contributed by atoms with Crippen molar-refractivity contribution in [3.63, 3.8) is 0 Å². The van der Waals surface area contributed by atoms with Gasteiger partial charge in [0.05, 0.1) is 34.7 Å². The number of hydrogen-bond donors (Lipinski definition) is 2. The Morgan fingerprint density at radius 3 is 2.73 bits per heavy atom. The minimum absolute atomic E-state index is 0.185. The molecule has 5 heterocycles. The Morgan fingerprint density at radius 1 is 1.12 bits per heavy atom. The lowest BCUT2D eigenvalue weighted by molar-refractivity contribution is 0.566. The first-order valence-electron chi connectivity index (χ1n) is 13.8. The summed E-state index contributed by atoms with van der Waals surface area (Å²) >= 11 is 1.50. The number of aromatic nitrogens is 5. The number of halogens is 1. The zero-order valence-corrected chi connectivity index (χ0v) is 23.4. The zero-order chi connectivity index (χ0) is 27.9. The first kappa shape index (κ1) is 25.7. The van der Waals surface area contributed by atoms with Gasteiger partial charge in [-0.3, -0.25) is 14.3 Å².